The zero-order chi connectivity index (χ0) is 18.5. The highest BCUT2D eigenvalue weighted by atomic mass is 16.2. The number of hydrogen-bond donors (Lipinski definition) is 3. The number of carbonyl (C=O) groups excluding carboxylic acids is 1. The van der Waals surface area contributed by atoms with E-state index in [4.69, 9.17) is 5.73 Å². The first kappa shape index (κ1) is 17.7. The van der Waals surface area contributed by atoms with E-state index < -0.39 is 0 Å². The van der Waals surface area contributed by atoms with Crippen LogP contribution < -0.4 is 16.4 Å². The maximum Gasteiger partial charge on any atom is 0.226 e. The molecular weight excluding hydrogens is 334 g/mol. The Bertz CT molecular complexity index is 681. The molecule has 2 heterocycles. The molecule has 3 aliphatic carbocycles. The van der Waals surface area contributed by atoms with Crippen molar-refractivity contribution in [3.63, 3.8) is 0 Å². The van der Waals surface area contributed by atoms with Crippen molar-refractivity contribution in [3.8, 4) is 0 Å². The van der Waals surface area contributed by atoms with E-state index in [2.05, 4.69) is 41.0 Å². The summed E-state index contributed by atoms with van der Waals surface area (Å²) in [5, 5.41) is 7.29. The van der Waals surface area contributed by atoms with Crippen molar-refractivity contribution in [3.05, 3.63) is 35.9 Å². The highest BCUT2D eigenvalue weighted by molar-refractivity contribution is 5.84. The van der Waals surface area contributed by atoms with Gasteiger partial charge in [-0.1, -0.05) is 30.3 Å². The molecule has 2 saturated heterocycles. The maximum atomic E-state index is 13.5. The van der Waals surface area contributed by atoms with Gasteiger partial charge in [0, 0.05) is 18.1 Å². The Labute approximate surface area is 162 Å². The summed E-state index contributed by atoms with van der Waals surface area (Å²) in [6.07, 6.45) is 9.95. The number of hydrogen-bond acceptors (Lipinski definition) is 3. The molecule has 2 atom stereocenters. The highest BCUT2D eigenvalue weighted by Gasteiger charge is 2.61. The first-order valence-electron chi connectivity index (χ1n) is 10.9. The minimum atomic E-state index is -0.169. The van der Waals surface area contributed by atoms with Gasteiger partial charge in [-0.15, -0.1) is 0 Å². The summed E-state index contributed by atoms with van der Waals surface area (Å²) < 4.78 is 0. The molecule has 5 fully saturated rings. The van der Waals surface area contributed by atoms with Crippen molar-refractivity contribution in [2.24, 2.45) is 17.1 Å². The molecule has 27 heavy (non-hydrogen) atoms. The van der Waals surface area contributed by atoms with Crippen LogP contribution >= 0.6 is 0 Å². The van der Waals surface area contributed by atoms with Crippen LogP contribution in [0.4, 0.5) is 0 Å². The number of benzene rings is 1. The average Bonchev–Trinajstić information content (AvgIpc) is 2.68. The lowest BCUT2D eigenvalue weighted by Crippen LogP contribution is -2.68. The molecule has 1 aromatic rings. The van der Waals surface area contributed by atoms with E-state index in [-0.39, 0.29) is 10.8 Å². The Morgan fingerprint density at radius 2 is 1.70 bits per heavy atom. The molecule has 2 unspecified atom stereocenters. The predicted molar refractivity (Wildman–Crippen MR) is 107 cm³/mol. The lowest BCUT2D eigenvalue weighted by molar-refractivity contribution is -0.145. The van der Waals surface area contributed by atoms with Gasteiger partial charge in [0.25, 0.3) is 0 Å². The van der Waals surface area contributed by atoms with Crippen LogP contribution in [0.1, 0.15) is 63.4 Å². The largest absolute Gasteiger partial charge is 0.353 e. The number of nitrogens with two attached hydrogens (primary N) is 1. The van der Waals surface area contributed by atoms with Crippen LogP contribution in [0.15, 0.2) is 30.3 Å². The fraction of sp³-hybridized carbons (Fsp3) is 0.696. The van der Waals surface area contributed by atoms with Gasteiger partial charge in [0.2, 0.25) is 5.91 Å². The molecule has 1 aromatic carbocycles. The van der Waals surface area contributed by atoms with E-state index in [9.17, 15) is 4.79 Å². The quantitative estimate of drug-likeness (QED) is 0.767. The first-order valence-corrected chi connectivity index (χ1v) is 10.9. The number of rotatable bonds is 4. The van der Waals surface area contributed by atoms with Crippen molar-refractivity contribution < 1.29 is 4.79 Å². The van der Waals surface area contributed by atoms with Crippen LogP contribution in [0.2, 0.25) is 0 Å². The standard InChI is InChI=1S/C23H33N3O/c24-14-16-6-8-18(9-7-16)26-21(27)23-12-19-10-22(15-23,11-20(13-23)25-19)17-4-2-1-3-5-17/h1-5,16,18-20,25H,6-15,24H2,(H,26,27). The second-order valence-corrected chi connectivity index (χ2v) is 9.91. The normalized spacial score (nSPS) is 42.9. The Morgan fingerprint density at radius 3 is 2.33 bits per heavy atom. The van der Waals surface area contributed by atoms with Gasteiger partial charge in [-0.3, -0.25) is 4.79 Å². The molecule has 3 saturated carbocycles. The fourth-order valence-electron chi connectivity index (χ4n) is 6.98. The van der Waals surface area contributed by atoms with Gasteiger partial charge in [0.05, 0.1) is 5.41 Å². The summed E-state index contributed by atoms with van der Waals surface area (Å²) in [6.45, 7) is 0.791. The van der Waals surface area contributed by atoms with Crippen LogP contribution in [0.3, 0.4) is 0 Å². The number of nitrogens with one attached hydrogen (secondary N) is 2. The summed E-state index contributed by atoms with van der Waals surface area (Å²) in [7, 11) is 0. The van der Waals surface area contributed by atoms with Crippen LogP contribution in [-0.2, 0) is 10.2 Å². The molecule has 4 bridgehead atoms. The first-order chi connectivity index (χ1) is 13.1. The lowest BCUT2D eigenvalue weighted by atomic mass is 9.48. The van der Waals surface area contributed by atoms with E-state index in [0.29, 0.717) is 30.0 Å². The Morgan fingerprint density at radius 1 is 1.04 bits per heavy atom. The third-order valence-corrected chi connectivity index (χ3v) is 8.08. The minimum absolute atomic E-state index is 0.169. The fourth-order valence-corrected chi connectivity index (χ4v) is 6.98. The summed E-state index contributed by atoms with van der Waals surface area (Å²) in [6, 6.07) is 12.3. The summed E-state index contributed by atoms with van der Waals surface area (Å²) in [5.41, 5.74) is 7.29. The van der Waals surface area contributed by atoms with E-state index in [1.54, 1.807) is 0 Å². The van der Waals surface area contributed by atoms with Gasteiger partial charge >= 0.3 is 0 Å². The molecule has 2 aliphatic heterocycles. The van der Waals surface area contributed by atoms with E-state index in [1.165, 1.54) is 18.4 Å². The summed E-state index contributed by atoms with van der Waals surface area (Å²) in [5.74, 6) is 0.998. The number of carbonyl (C=O) groups is 1. The van der Waals surface area contributed by atoms with Gasteiger partial charge in [0.15, 0.2) is 0 Å². The van der Waals surface area contributed by atoms with Crippen molar-refractivity contribution in [2.45, 2.75) is 81.3 Å². The molecule has 5 aliphatic rings. The smallest absolute Gasteiger partial charge is 0.226 e. The van der Waals surface area contributed by atoms with Gasteiger partial charge in [-0.25, -0.2) is 0 Å². The Hall–Kier alpha value is -1.39. The average molecular weight is 368 g/mol. The second kappa shape index (κ2) is 6.59. The van der Waals surface area contributed by atoms with E-state index in [0.717, 1.165) is 51.5 Å². The Kier molecular flexibility index (Phi) is 4.32. The lowest BCUT2D eigenvalue weighted by Gasteiger charge is -2.62. The van der Waals surface area contributed by atoms with Crippen LogP contribution in [0.25, 0.3) is 0 Å². The minimum Gasteiger partial charge on any atom is -0.353 e. The van der Waals surface area contributed by atoms with Crippen LogP contribution in [0, 0.1) is 11.3 Å². The third-order valence-electron chi connectivity index (χ3n) is 8.08. The van der Waals surface area contributed by atoms with Gasteiger partial charge in [-0.2, -0.15) is 0 Å². The topological polar surface area (TPSA) is 67.1 Å². The zero-order valence-corrected chi connectivity index (χ0v) is 16.3. The van der Waals surface area contributed by atoms with Gasteiger partial charge < -0.3 is 16.4 Å². The van der Waals surface area contributed by atoms with Crippen molar-refractivity contribution >= 4 is 5.91 Å². The highest BCUT2D eigenvalue weighted by Crippen LogP contribution is 2.59. The van der Waals surface area contributed by atoms with Gasteiger partial charge in [0.1, 0.15) is 0 Å². The molecule has 0 spiro atoms. The molecule has 146 valence electrons. The van der Waals surface area contributed by atoms with Crippen molar-refractivity contribution in [1.29, 1.82) is 0 Å². The zero-order valence-electron chi connectivity index (χ0n) is 16.3. The molecule has 4 N–H and O–H groups in total. The number of amides is 1. The van der Waals surface area contributed by atoms with Crippen molar-refractivity contribution in [2.75, 3.05) is 6.54 Å². The summed E-state index contributed by atoms with van der Waals surface area (Å²) in [4.78, 5) is 13.5. The van der Waals surface area contributed by atoms with Crippen LogP contribution in [0.5, 0.6) is 0 Å². The monoisotopic (exact) mass is 367 g/mol. The molecule has 0 aromatic heterocycles. The molecule has 0 radical (unpaired) electrons. The summed E-state index contributed by atoms with van der Waals surface area (Å²) >= 11 is 0. The predicted octanol–water partition coefficient (Wildman–Crippen LogP) is 2.86. The molecule has 1 amide bonds. The second-order valence-electron chi connectivity index (χ2n) is 9.91. The van der Waals surface area contributed by atoms with E-state index >= 15 is 0 Å². The SMILES string of the molecule is NCC1CCC(NC(=O)C23CC4CC(c5ccccc5)(CC(C2)N4)C3)CC1. The molecule has 4 heteroatoms. The van der Waals surface area contributed by atoms with Crippen molar-refractivity contribution in [1.82, 2.24) is 10.6 Å². The molecular formula is C23H33N3O. The third kappa shape index (κ3) is 3.01. The Balaban J connectivity index is 1.36. The molecule has 6 rings (SSSR count). The van der Waals surface area contributed by atoms with Crippen LogP contribution in [-0.4, -0.2) is 30.6 Å². The van der Waals surface area contributed by atoms with Gasteiger partial charge in [-0.05, 0) is 81.2 Å². The molecule has 4 nitrogen and oxygen atoms in total. The maximum absolute atomic E-state index is 13.5. The number of piperidine rings is 2. The van der Waals surface area contributed by atoms with E-state index in [1.807, 2.05) is 0 Å².